The van der Waals surface area contributed by atoms with E-state index in [1.165, 1.54) is 14.2 Å². The Balaban J connectivity index is 1.14. The van der Waals surface area contributed by atoms with Gasteiger partial charge in [0.05, 0.1) is 37.1 Å². The number of hydrogen-bond donors (Lipinski definition) is 5. The van der Waals surface area contributed by atoms with Gasteiger partial charge in [0.2, 0.25) is 5.79 Å². The van der Waals surface area contributed by atoms with Gasteiger partial charge in [0.25, 0.3) is 0 Å². The number of methoxy groups -OCH3 is 2. The number of hydrogen-bond acceptors (Lipinski definition) is 11. The summed E-state index contributed by atoms with van der Waals surface area (Å²) in [6, 6.07) is 4.65. The van der Waals surface area contributed by atoms with Gasteiger partial charge in [0, 0.05) is 42.3 Å². The first-order valence-electron chi connectivity index (χ1n) is 17.6. The topological polar surface area (TPSA) is 158 Å². The first kappa shape index (κ1) is 32.2. The quantitative estimate of drug-likeness (QED) is 0.302. The van der Waals surface area contributed by atoms with E-state index in [1.54, 1.807) is 25.1 Å². The highest BCUT2D eigenvalue weighted by molar-refractivity contribution is 5.90. The van der Waals surface area contributed by atoms with Crippen molar-refractivity contribution in [1.29, 1.82) is 0 Å². The van der Waals surface area contributed by atoms with Gasteiger partial charge in [-0.15, -0.1) is 0 Å². The van der Waals surface area contributed by atoms with Crippen LogP contribution in [0.25, 0.3) is 0 Å². The molecular formula is C36H51NO10. The molecule has 4 aliphatic carbocycles. The highest BCUT2D eigenvalue weighted by Crippen LogP contribution is 2.77. The van der Waals surface area contributed by atoms with Crippen molar-refractivity contribution in [3.63, 3.8) is 0 Å². The van der Waals surface area contributed by atoms with Crippen LogP contribution >= 0.6 is 0 Å². The number of benzene rings is 1. The van der Waals surface area contributed by atoms with Gasteiger partial charge >= 0.3 is 5.97 Å². The number of carbonyl (C=O) groups excluding carboxylic acids is 1. The van der Waals surface area contributed by atoms with Crippen molar-refractivity contribution >= 4 is 5.97 Å². The lowest BCUT2D eigenvalue weighted by Gasteiger charge is -2.63. The molecule has 4 bridgehead atoms. The third-order valence-electron chi connectivity index (χ3n) is 14.7. The SMILES string of the molecule is COc1ccc(C(=O)O[C@@H]2CC[C@@]3(C)[C@@H]4CC[C@H]5[C@]6(O)[C@H](O)[C@@H](O)[C@H]7[C@@H](CN8C[C@@H](C)CC[C@H]8[C@@]7(C)O)[C@H]6C[C@]53O[C@]42O)cc1OC. The Labute approximate surface area is 276 Å². The molecule has 11 heteroatoms. The van der Waals surface area contributed by atoms with Gasteiger partial charge in [-0.3, -0.25) is 4.90 Å². The van der Waals surface area contributed by atoms with Crippen LogP contribution in [-0.4, -0.2) is 111 Å². The normalized spacial score (nSPS) is 52.9. The van der Waals surface area contributed by atoms with Crippen LogP contribution in [0.2, 0.25) is 0 Å². The Kier molecular flexibility index (Phi) is 7.05. The maximum atomic E-state index is 13.5. The maximum Gasteiger partial charge on any atom is 0.338 e. The van der Waals surface area contributed by atoms with Crippen molar-refractivity contribution in [2.75, 3.05) is 27.3 Å². The van der Waals surface area contributed by atoms with Crippen LogP contribution in [0.1, 0.15) is 76.1 Å². The van der Waals surface area contributed by atoms with Gasteiger partial charge in [-0.2, -0.15) is 0 Å². The number of aliphatic hydroxyl groups is 5. The molecule has 47 heavy (non-hydrogen) atoms. The van der Waals surface area contributed by atoms with Gasteiger partial charge in [0.15, 0.2) is 17.6 Å². The lowest BCUT2D eigenvalue weighted by Crippen LogP contribution is -2.76. The zero-order valence-electron chi connectivity index (χ0n) is 28.1. The molecule has 8 rings (SSSR count). The van der Waals surface area contributed by atoms with E-state index in [0.717, 1.165) is 19.4 Å². The van der Waals surface area contributed by atoms with Crippen molar-refractivity contribution in [1.82, 2.24) is 4.90 Å². The van der Waals surface area contributed by atoms with E-state index < -0.39 is 70.0 Å². The Morgan fingerprint density at radius 3 is 2.40 bits per heavy atom. The number of esters is 1. The van der Waals surface area contributed by atoms with Crippen LogP contribution in [0.15, 0.2) is 18.2 Å². The molecule has 15 atom stereocenters. The first-order chi connectivity index (χ1) is 22.2. The maximum absolute atomic E-state index is 13.5. The van der Waals surface area contributed by atoms with E-state index >= 15 is 0 Å². The zero-order valence-corrected chi connectivity index (χ0v) is 28.1. The molecule has 3 saturated heterocycles. The molecule has 3 heterocycles. The monoisotopic (exact) mass is 657 g/mol. The lowest BCUT2D eigenvalue weighted by molar-refractivity contribution is -0.290. The molecule has 260 valence electrons. The molecule has 3 aliphatic heterocycles. The van der Waals surface area contributed by atoms with E-state index in [9.17, 15) is 30.3 Å². The van der Waals surface area contributed by atoms with Crippen molar-refractivity contribution < 1.29 is 49.3 Å². The fourth-order valence-electron chi connectivity index (χ4n) is 12.7. The molecule has 11 nitrogen and oxygen atoms in total. The van der Waals surface area contributed by atoms with Crippen LogP contribution < -0.4 is 9.47 Å². The molecular weight excluding hydrogens is 606 g/mol. The number of nitrogens with zero attached hydrogens (tertiary/aromatic N) is 1. The summed E-state index contributed by atoms with van der Waals surface area (Å²) < 4.78 is 23.7. The van der Waals surface area contributed by atoms with Gasteiger partial charge in [-0.05, 0) is 87.8 Å². The van der Waals surface area contributed by atoms with Crippen LogP contribution in [0.5, 0.6) is 11.5 Å². The van der Waals surface area contributed by atoms with Crippen LogP contribution in [0, 0.1) is 40.9 Å². The Morgan fingerprint density at radius 1 is 0.957 bits per heavy atom. The molecule has 7 fully saturated rings. The van der Waals surface area contributed by atoms with E-state index in [0.29, 0.717) is 56.1 Å². The minimum absolute atomic E-state index is 0.125. The summed E-state index contributed by atoms with van der Waals surface area (Å²) in [7, 11) is 3.01. The average Bonchev–Trinajstić information content (AvgIpc) is 3.28. The second kappa shape index (κ2) is 10.3. The fraction of sp³-hybridized carbons (Fsp3) is 0.806. The van der Waals surface area contributed by atoms with Crippen LogP contribution in [0.3, 0.4) is 0 Å². The number of rotatable bonds is 4. The van der Waals surface area contributed by atoms with Crippen molar-refractivity contribution in [2.24, 2.45) is 40.9 Å². The molecule has 1 aromatic carbocycles. The number of ether oxygens (including phenoxy) is 4. The third-order valence-corrected chi connectivity index (χ3v) is 14.7. The molecule has 7 aliphatic rings. The largest absolute Gasteiger partial charge is 0.493 e. The van der Waals surface area contributed by atoms with Crippen molar-refractivity contribution in [3.05, 3.63) is 23.8 Å². The van der Waals surface area contributed by atoms with Crippen LogP contribution in [0.4, 0.5) is 0 Å². The van der Waals surface area contributed by atoms with E-state index in [-0.39, 0.29) is 23.4 Å². The average molecular weight is 658 g/mol. The lowest BCUT2D eigenvalue weighted by atomic mass is 9.49. The Hall–Kier alpha value is -1.99. The minimum atomic E-state index is -1.79. The number of carbonyl (C=O) groups is 1. The summed E-state index contributed by atoms with van der Waals surface area (Å²) in [5, 5.41) is 61.1. The van der Waals surface area contributed by atoms with Gasteiger partial charge < -0.3 is 44.5 Å². The molecule has 1 aromatic rings. The van der Waals surface area contributed by atoms with Gasteiger partial charge in [-0.1, -0.05) is 13.8 Å². The standard InChI is InChI=1S/C36H51NO10/c1-18-6-11-26-33(3,41)28-20(17-37(26)16-18)21-15-34-25(35(21,42)30(39)29(28)38)10-9-24-32(34,2)13-12-27(36(24,43)47-34)46-31(40)19-7-8-22(44-4)23(14-19)45-5/h7-8,14,18,20-21,24-30,38-39,41-43H,6,9-13,15-17H2,1-5H3/t18-,20-,21+,24-,25+,26-,27+,28+,29-,30+,32-,33+,34-,35-,36+/m0/s1. The second-order valence-corrected chi connectivity index (χ2v) is 16.5. The Bertz CT molecular complexity index is 1450. The molecule has 5 N–H and O–H groups in total. The smallest absolute Gasteiger partial charge is 0.338 e. The number of aliphatic hydroxyl groups excluding tert-OH is 2. The molecule has 0 unspecified atom stereocenters. The van der Waals surface area contributed by atoms with Crippen molar-refractivity contribution in [3.8, 4) is 11.5 Å². The summed E-state index contributed by atoms with van der Waals surface area (Å²) in [6.45, 7) is 7.60. The van der Waals surface area contributed by atoms with Gasteiger partial charge in [0.1, 0.15) is 11.7 Å². The second-order valence-electron chi connectivity index (χ2n) is 16.5. The predicted molar refractivity (Wildman–Crippen MR) is 168 cm³/mol. The van der Waals surface area contributed by atoms with E-state index in [2.05, 4.69) is 18.7 Å². The Morgan fingerprint density at radius 2 is 1.68 bits per heavy atom. The summed E-state index contributed by atoms with van der Waals surface area (Å²) in [5.41, 5.74) is -4.24. The minimum Gasteiger partial charge on any atom is -0.493 e. The van der Waals surface area contributed by atoms with E-state index in [1.807, 2.05) is 0 Å². The third kappa shape index (κ3) is 3.91. The zero-order chi connectivity index (χ0) is 33.5. The first-order valence-corrected chi connectivity index (χ1v) is 17.6. The molecule has 0 amide bonds. The number of fused-ring (bicyclic) bond motifs is 5. The summed E-state index contributed by atoms with van der Waals surface area (Å²) in [4.78, 5) is 15.8. The molecule has 0 radical (unpaired) electrons. The van der Waals surface area contributed by atoms with Gasteiger partial charge in [-0.25, -0.2) is 4.79 Å². The summed E-state index contributed by atoms with van der Waals surface area (Å²) in [5.74, 6) is -3.32. The highest BCUT2D eigenvalue weighted by Gasteiger charge is 2.85. The molecule has 1 spiro atoms. The van der Waals surface area contributed by atoms with E-state index in [4.69, 9.17) is 18.9 Å². The predicted octanol–water partition coefficient (Wildman–Crippen LogP) is 2.10. The number of piperidine rings is 2. The fourth-order valence-corrected chi connectivity index (χ4v) is 12.7. The summed E-state index contributed by atoms with van der Waals surface area (Å²) >= 11 is 0. The summed E-state index contributed by atoms with van der Waals surface area (Å²) in [6.07, 6.45) is 0.454. The molecule has 0 aromatic heterocycles. The highest BCUT2D eigenvalue weighted by atomic mass is 16.7. The van der Waals surface area contributed by atoms with Crippen molar-refractivity contribution in [2.45, 2.75) is 113 Å². The van der Waals surface area contributed by atoms with Crippen LogP contribution in [-0.2, 0) is 9.47 Å². The molecule has 4 saturated carbocycles.